The van der Waals surface area contributed by atoms with Crippen LogP contribution in [0.1, 0.15) is 72.9 Å². The van der Waals surface area contributed by atoms with Crippen LogP contribution < -0.4 is 5.46 Å². The predicted octanol–water partition coefficient (Wildman–Crippen LogP) is 3.42. The van der Waals surface area contributed by atoms with Crippen LogP contribution in [0, 0.1) is 0 Å². The number of amides is 1. The van der Waals surface area contributed by atoms with E-state index in [-0.39, 0.29) is 29.4 Å². The Hall–Kier alpha value is -1.57. The lowest BCUT2D eigenvalue weighted by molar-refractivity contribution is -0.0309. The number of carbonyl (C=O) groups excluding carboxylic acids is 1. The van der Waals surface area contributed by atoms with Gasteiger partial charge in [-0.25, -0.2) is 4.79 Å². The number of nitrogens with zero attached hydrogens (tertiary/aromatic N) is 1. The molecule has 2 saturated heterocycles. The minimum atomic E-state index is -0.845. The van der Waals surface area contributed by atoms with Gasteiger partial charge in [-0.05, 0) is 59.5 Å². The molecular formula is C22H34BNO5. The summed E-state index contributed by atoms with van der Waals surface area (Å²) in [4.78, 5) is 14.2. The Bertz CT molecular complexity index is 725. The number of benzene rings is 1. The van der Waals surface area contributed by atoms with E-state index in [1.54, 1.807) is 18.7 Å². The van der Waals surface area contributed by atoms with Gasteiger partial charge in [0.25, 0.3) is 0 Å². The zero-order chi connectivity index (χ0) is 21.6. The van der Waals surface area contributed by atoms with E-state index in [0.717, 1.165) is 11.0 Å². The summed E-state index contributed by atoms with van der Waals surface area (Å²) in [5.74, 6) is 0. The fourth-order valence-corrected chi connectivity index (χ4v) is 3.79. The molecule has 160 valence electrons. The van der Waals surface area contributed by atoms with E-state index < -0.39 is 12.7 Å². The molecule has 3 rings (SSSR count). The summed E-state index contributed by atoms with van der Waals surface area (Å²) in [5, 5.41) is 9.96. The summed E-state index contributed by atoms with van der Waals surface area (Å²) in [6, 6.07) is 7.93. The molecule has 1 aromatic rings. The van der Waals surface area contributed by atoms with Crippen molar-refractivity contribution in [3.63, 3.8) is 0 Å². The molecule has 0 aliphatic carbocycles. The normalized spacial score (nSPS) is 25.1. The Morgan fingerprint density at radius 2 is 1.72 bits per heavy atom. The maximum Gasteiger partial charge on any atom is 0.494 e. The topological polar surface area (TPSA) is 68.2 Å². The lowest BCUT2D eigenvalue weighted by atomic mass is 9.78. The van der Waals surface area contributed by atoms with Gasteiger partial charge < -0.3 is 24.1 Å². The van der Waals surface area contributed by atoms with Gasteiger partial charge >= 0.3 is 13.2 Å². The third kappa shape index (κ3) is 4.78. The van der Waals surface area contributed by atoms with E-state index in [2.05, 4.69) is 0 Å². The van der Waals surface area contributed by atoms with Crippen LogP contribution in [0.15, 0.2) is 24.3 Å². The molecule has 7 heteroatoms. The van der Waals surface area contributed by atoms with Crippen molar-refractivity contribution in [2.45, 2.75) is 90.3 Å². The highest BCUT2D eigenvalue weighted by atomic mass is 16.7. The van der Waals surface area contributed by atoms with Crippen LogP contribution in [0.4, 0.5) is 4.79 Å². The van der Waals surface area contributed by atoms with Crippen LogP contribution >= 0.6 is 0 Å². The Morgan fingerprint density at radius 1 is 1.17 bits per heavy atom. The van der Waals surface area contributed by atoms with E-state index in [0.29, 0.717) is 19.4 Å². The molecule has 2 atom stereocenters. The number of aliphatic hydroxyl groups is 1. The van der Waals surface area contributed by atoms with Crippen molar-refractivity contribution >= 4 is 18.7 Å². The zero-order valence-corrected chi connectivity index (χ0v) is 18.7. The van der Waals surface area contributed by atoms with Crippen molar-refractivity contribution in [1.82, 2.24) is 4.90 Å². The van der Waals surface area contributed by atoms with Crippen LogP contribution in [0.5, 0.6) is 0 Å². The fourth-order valence-electron chi connectivity index (χ4n) is 3.79. The van der Waals surface area contributed by atoms with Gasteiger partial charge in [0.15, 0.2) is 0 Å². The first kappa shape index (κ1) is 22.1. The Morgan fingerprint density at radius 3 is 2.21 bits per heavy atom. The number of ether oxygens (including phenoxy) is 1. The van der Waals surface area contributed by atoms with Crippen LogP contribution in [-0.2, 0) is 14.0 Å². The zero-order valence-electron chi connectivity index (χ0n) is 18.7. The molecule has 0 radical (unpaired) electrons. The van der Waals surface area contributed by atoms with Crippen molar-refractivity contribution in [1.29, 1.82) is 0 Å². The number of cyclic esters (lactones) is 1. The first-order valence-corrected chi connectivity index (χ1v) is 10.4. The molecule has 2 fully saturated rings. The first-order valence-electron chi connectivity index (χ1n) is 10.4. The average Bonchev–Trinajstić information content (AvgIpc) is 2.81. The molecule has 29 heavy (non-hydrogen) atoms. The molecule has 1 aromatic carbocycles. The fraction of sp³-hybridized carbons (Fsp3) is 0.682. The number of hydrogen-bond donors (Lipinski definition) is 1. The molecule has 1 N–H and O–H groups in total. The lowest BCUT2D eigenvalue weighted by Gasteiger charge is -2.37. The SMILES string of the molecule is C[C@@H](c1ccc(B2OC(C)(C)C(C)(C)O2)cc1)N1CC[C@@H](CC(C)(C)O)OC1=O. The quantitative estimate of drug-likeness (QED) is 0.764. The Balaban J connectivity index is 1.64. The van der Waals surface area contributed by atoms with Crippen LogP contribution in [0.25, 0.3) is 0 Å². The molecule has 0 saturated carbocycles. The van der Waals surface area contributed by atoms with E-state index >= 15 is 0 Å². The molecule has 1 amide bonds. The minimum Gasteiger partial charge on any atom is -0.446 e. The van der Waals surface area contributed by atoms with E-state index in [4.69, 9.17) is 14.0 Å². The second-order valence-electron chi connectivity index (χ2n) is 9.94. The van der Waals surface area contributed by atoms with Gasteiger partial charge in [-0.3, -0.25) is 0 Å². The van der Waals surface area contributed by atoms with E-state index in [1.807, 2.05) is 58.9 Å². The predicted molar refractivity (Wildman–Crippen MR) is 113 cm³/mol. The highest BCUT2D eigenvalue weighted by molar-refractivity contribution is 6.62. The van der Waals surface area contributed by atoms with Crippen molar-refractivity contribution in [3.8, 4) is 0 Å². The molecular weight excluding hydrogens is 369 g/mol. The maximum absolute atomic E-state index is 12.5. The summed E-state index contributed by atoms with van der Waals surface area (Å²) in [6.07, 6.45) is 0.597. The van der Waals surface area contributed by atoms with Gasteiger partial charge in [0.2, 0.25) is 0 Å². The van der Waals surface area contributed by atoms with Crippen LogP contribution in [0.2, 0.25) is 0 Å². The van der Waals surface area contributed by atoms with Crippen molar-refractivity contribution in [2.24, 2.45) is 0 Å². The van der Waals surface area contributed by atoms with Crippen molar-refractivity contribution in [3.05, 3.63) is 29.8 Å². The standard InChI is InChI=1S/C22H34BNO5/c1-15(24-13-12-18(27-19(24)25)14-20(2,3)26)16-8-10-17(11-9-16)23-28-21(4,5)22(6,7)29-23/h8-11,15,18,26H,12-14H2,1-7H3/t15-,18-/m0/s1. The number of hydrogen-bond acceptors (Lipinski definition) is 5. The first-order chi connectivity index (χ1) is 13.3. The Labute approximate surface area is 174 Å². The second-order valence-corrected chi connectivity index (χ2v) is 9.94. The van der Waals surface area contributed by atoms with Gasteiger partial charge in [-0.2, -0.15) is 0 Å². The summed E-state index contributed by atoms with van der Waals surface area (Å²) in [5.41, 5.74) is 0.401. The highest BCUT2D eigenvalue weighted by Gasteiger charge is 2.51. The Kier molecular flexibility index (Phi) is 5.80. The molecule has 0 spiro atoms. The van der Waals surface area contributed by atoms with Crippen molar-refractivity contribution in [2.75, 3.05) is 6.54 Å². The van der Waals surface area contributed by atoms with Gasteiger partial charge in [0, 0.05) is 19.4 Å². The third-order valence-corrected chi connectivity index (χ3v) is 6.33. The van der Waals surface area contributed by atoms with Gasteiger partial charge in [0.05, 0.1) is 22.8 Å². The summed E-state index contributed by atoms with van der Waals surface area (Å²) in [6.45, 7) is 14.2. The molecule has 2 heterocycles. The minimum absolute atomic E-state index is 0.0991. The van der Waals surface area contributed by atoms with E-state index in [1.165, 1.54) is 0 Å². The molecule has 6 nitrogen and oxygen atoms in total. The van der Waals surface area contributed by atoms with Crippen molar-refractivity contribution < 1.29 is 23.9 Å². The molecule has 0 bridgehead atoms. The molecule has 0 aromatic heterocycles. The third-order valence-electron chi connectivity index (χ3n) is 6.33. The van der Waals surface area contributed by atoms with Gasteiger partial charge in [-0.15, -0.1) is 0 Å². The van der Waals surface area contributed by atoms with Gasteiger partial charge in [0.1, 0.15) is 6.10 Å². The molecule has 0 unspecified atom stereocenters. The smallest absolute Gasteiger partial charge is 0.446 e. The summed E-state index contributed by atoms with van der Waals surface area (Å²) >= 11 is 0. The highest BCUT2D eigenvalue weighted by Crippen LogP contribution is 2.36. The molecule has 2 aliphatic heterocycles. The number of carbonyl (C=O) groups is 1. The van der Waals surface area contributed by atoms with E-state index in [9.17, 15) is 9.90 Å². The maximum atomic E-state index is 12.5. The molecule has 2 aliphatic rings. The number of rotatable bonds is 5. The summed E-state index contributed by atoms with van der Waals surface area (Å²) in [7, 11) is -0.396. The van der Waals surface area contributed by atoms with Crippen LogP contribution in [0.3, 0.4) is 0 Å². The lowest BCUT2D eigenvalue weighted by Crippen LogP contribution is -2.45. The average molecular weight is 403 g/mol. The summed E-state index contributed by atoms with van der Waals surface area (Å²) < 4.78 is 17.8. The largest absolute Gasteiger partial charge is 0.494 e. The van der Waals surface area contributed by atoms with Crippen LogP contribution in [-0.4, -0.2) is 52.7 Å². The second kappa shape index (κ2) is 7.60. The van der Waals surface area contributed by atoms with Gasteiger partial charge in [-0.1, -0.05) is 24.3 Å². The monoisotopic (exact) mass is 403 g/mol.